The van der Waals surface area contributed by atoms with Crippen LogP contribution in [0.1, 0.15) is 22.4 Å². The number of aromatic nitrogens is 2. The Hall–Kier alpha value is -4.31. The molecule has 0 N–H and O–H groups in total. The smallest absolute Gasteiger partial charge is 0.246 e. The highest BCUT2D eigenvalue weighted by Crippen LogP contribution is 2.36. The highest BCUT2D eigenvalue weighted by Gasteiger charge is 2.24. The van der Waals surface area contributed by atoms with E-state index in [4.69, 9.17) is 6.42 Å². The van der Waals surface area contributed by atoms with E-state index in [-0.39, 0.29) is 17.3 Å². The van der Waals surface area contributed by atoms with Gasteiger partial charge in [0.25, 0.3) is 0 Å². The van der Waals surface area contributed by atoms with Gasteiger partial charge in [-0.3, -0.25) is 9.79 Å². The molecule has 0 unspecified atom stereocenters. The molecule has 1 aliphatic heterocycles. The number of amides is 1. The molecule has 1 aromatic heterocycles. The molecule has 0 atom stereocenters. The maximum atomic E-state index is 16.0. The fraction of sp³-hybridized carbons (Fsp3) is 0.185. The van der Waals surface area contributed by atoms with Crippen LogP contribution in [-0.2, 0) is 4.79 Å². The molecule has 34 heavy (non-hydrogen) atoms. The highest BCUT2D eigenvalue weighted by molar-refractivity contribution is 6.02. The Bertz CT molecular complexity index is 1360. The van der Waals surface area contributed by atoms with Crippen molar-refractivity contribution in [2.75, 3.05) is 31.1 Å². The fourth-order valence-electron chi connectivity index (χ4n) is 4.29. The van der Waals surface area contributed by atoms with E-state index < -0.39 is 5.83 Å². The van der Waals surface area contributed by atoms with E-state index in [0.717, 1.165) is 10.8 Å². The van der Waals surface area contributed by atoms with Gasteiger partial charge in [-0.1, -0.05) is 42.8 Å². The number of nitrogens with zero attached hydrogens (tertiary/aromatic N) is 5. The molecule has 7 heteroatoms. The Labute approximate surface area is 198 Å². The van der Waals surface area contributed by atoms with E-state index in [2.05, 4.69) is 34.2 Å². The van der Waals surface area contributed by atoms with Crippen LogP contribution in [0.15, 0.2) is 60.4 Å². The molecule has 3 aromatic rings. The lowest BCUT2D eigenvalue weighted by Gasteiger charge is -2.35. The first kappa shape index (κ1) is 22.9. The second-order valence-electron chi connectivity index (χ2n) is 7.86. The van der Waals surface area contributed by atoms with Crippen LogP contribution in [0, 0.1) is 19.3 Å². The number of halogens is 1. The van der Waals surface area contributed by atoms with Crippen LogP contribution in [0.2, 0.25) is 0 Å². The number of piperazine rings is 1. The van der Waals surface area contributed by atoms with Gasteiger partial charge in [-0.25, -0.2) is 14.4 Å². The van der Waals surface area contributed by atoms with Crippen molar-refractivity contribution in [3.8, 4) is 12.3 Å². The summed E-state index contributed by atoms with van der Waals surface area (Å²) in [6.07, 6.45) is 8.37. The lowest BCUT2D eigenvalue weighted by molar-refractivity contribution is -0.126. The summed E-state index contributed by atoms with van der Waals surface area (Å²) in [4.78, 5) is 28.3. The normalized spacial score (nSPS) is 14.4. The Morgan fingerprint density at radius 1 is 1.18 bits per heavy atom. The number of carbonyl (C=O) groups is 1. The van der Waals surface area contributed by atoms with Crippen molar-refractivity contribution in [3.63, 3.8) is 0 Å². The van der Waals surface area contributed by atoms with Crippen LogP contribution < -0.4 is 4.90 Å². The molecule has 1 saturated heterocycles. The van der Waals surface area contributed by atoms with Crippen LogP contribution in [0.5, 0.6) is 0 Å². The molecule has 0 saturated carbocycles. The molecule has 1 fully saturated rings. The monoisotopic (exact) mass is 453 g/mol. The molecular weight excluding hydrogens is 429 g/mol. The highest BCUT2D eigenvalue weighted by atomic mass is 19.1. The van der Waals surface area contributed by atoms with Gasteiger partial charge in [-0.2, -0.15) is 0 Å². The van der Waals surface area contributed by atoms with Crippen molar-refractivity contribution in [2.24, 2.45) is 4.99 Å². The molecule has 1 aliphatic rings. The summed E-state index contributed by atoms with van der Waals surface area (Å²) in [5, 5.41) is 1.62. The minimum absolute atomic E-state index is 0.0717. The van der Waals surface area contributed by atoms with Gasteiger partial charge in [0.05, 0.1) is 0 Å². The van der Waals surface area contributed by atoms with Crippen LogP contribution in [-0.4, -0.2) is 53.7 Å². The number of benzene rings is 2. The number of hydrogen-bond acceptors (Lipinski definition) is 5. The Balaban J connectivity index is 1.77. The lowest BCUT2D eigenvalue weighted by atomic mass is 9.96. The van der Waals surface area contributed by atoms with Crippen molar-refractivity contribution >= 4 is 40.7 Å². The summed E-state index contributed by atoms with van der Waals surface area (Å²) in [6, 6.07) is 11.1. The van der Waals surface area contributed by atoms with Gasteiger partial charge in [0.2, 0.25) is 5.91 Å². The summed E-state index contributed by atoms with van der Waals surface area (Å²) in [7, 11) is 0. The first-order valence-corrected chi connectivity index (χ1v) is 10.8. The predicted molar refractivity (Wildman–Crippen MR) is 135 cm³/mol. The first-order chi connectivity index (χ1) is 16.5. The number of aliphatic imine (C=N–C) groups is 1. The van der Waals surface area contributed by atoms with Gasteiger partial charge in [0.15, 0.2) is 5.83 Å². The van der Waals surface area contributed by atoms with E-state index in [9.17, 15) is 4.79 Å². The molecule has 4 rings (SSSR count). The SMILES string of the molecule is C#Cc1cccc2cccc(/C(N=C)=C(\F)c3ncnc(N4CCN(C(=O)C=C)CC4)c3C)c12. The van der Waals surface area contributed by atoms with E-state index in [1.807, 2.05) is 35.2 Å². The Morgan fingerprint density at radius 2 is 1.88 bits per heavy atom. The summed E-state index contributed by atoms with van der Waals surface area (Å²) < 4.78 is 16.0. The minimum Gasteiger partial charge on any atom is -0.353 e. The first-order valence-electron chi connectivity index (χ1n) is 10.8. The van der Waals surface area contributed by atoms with Gasteiger partial charge < -0.3 is 9.80 Å². The number of rotatable bonds is 5. The molecular formula is C27H24FN5O. The zero-order valence-corrected chi connectivity index (χ0v) is 19.0. The maximum Gasteiger partial charge on any atom is 0.246 e. The van der Waals surface area contributed by atoms with Gasteiger partial charge in [0, 0.05) is 48.3 Å². The van der Waals surface area contributed by atoms with Crippen LogP contribution in [0.25, 0.3) is 22.3 Å². The summed E-state index contributed by atoms with van der Waals surface area (Å²) >= 11 is 0. The zero-order valence-electron chi connectivity index (χ0n) is 19.0. The summed E-state index contributed by atoms with van der Waals surface area (Å²) in [6.45, 7) is 11.2. The van der Waals surface area contributed by atoms with Crippen molar-refractivity contribution in [2.45, 2.75) is 6.92 Å². The van der Waals surface area contributed by atoms with Crippen molar-refractivity contribution in [3.05, 3.63) is 77.8 Å². The average molecular weight is 454 g/mol. The van der Waals surface area contributed by atoms with Gasteiger partial charge in [-0.05, 0) is 31.2 Å². The van der Waals surface area contributed by atoms with Crippen LogP contribution in [0.4, 0.5) is 10.2 Å². The summed E-state index contributed by atoms with van der Waals surface area (Å²) in [5.41, 5.74) is 2.00. The van der Waals surface area contributed by atoms with Crippen LogP contribution in [0.3, 0.4) is 0 Å². The number of anilines is 1. The molecule has 2 heterocycles. The topological polar surface area (TPSA) is 61.7 Å². The molecule has 6 nitrogen and oxygen atoms in total. The number of fused-ring (bicyclic) bond motifs is 1. The third-order valence-corrected chi connectivity index (χ3v) is 6.01. The summed E-state index contributed by atoms with van der Waals surface area (Å²) in [5.74, 6) is 2.59. The average Bonchev–Trinajstić information content (AvgIpc) is 2.88. The van der Waals surface area contributed by atoms with Crippen molar-refractivity contribution in [1.82, 2.24) is 14.9 Å². The van der Waals surface area contributed by atoms with E-state index >= 15 is 4.39 Å². The number of terminal acetylenes is 1. The largest absolute Gasteiger partial charge is 0.353 e. The fourth-order valence-corrected chi connectivity index (χ4v) is 4.29. The maximum absolute atomic E-state index is 16.0. The van der Waals surface area contributed by atoms with Gasteiger partial charge >= 0.3 is 0 Å². The van der Waals surface area contributed by atoms with Crippen molar-refractivity contribution in [1.29, 1.82) is 0 Å². The minimum atomic E-state index is -0.601. The van der Waals surface area contributed by atoms with E-state index in [1.165, 1.54) is 12.4 Å². The number of carbonyl (C=O) groups excluding carboxylic acids is 1. The van der Waals surface area contributed by atoms with Crippen molar-refractivity contribution < 1.29 is 9.18 Å². The predicted octanol–water partition coefficient (Wildman–Crippen LogP) is 4.25. The Morgan fingerprint density at radius 3 is 2.53 bits per heavy atom. The molecule has 1 amide bonds. The van der Waals surface area contributed by atoms with Gasteiger partial charge in [-0.15, -0.1) is 6.42 Å². The molecule has 0 bridgehead atoms. The molecule has 0 spiro atoms. The zero-order chi connectivity index (χ0) is 24.2. The van der Waals surface area contributed by atoms with Crippen LogP contribution >= 0.6 is 0 Å². The van der Waals surface area contributed by atoms with E-state index in [0.29, 0.717) is 48.7 Å². The quantitative estimate of drug-likeness (QED) is 0.329. The Kier molecular flexibility index (Phi) is 6.51. The third kappa shape index (κ3) is 4.06. The molecule has 0 radical (unpaired) electrons. The second kappa shape index (κ2) is 9.67. The third-order valence-electron chi connectivity index (χ3n) is 6.01. The molecule has 170 valence electrons. The van der Waals surface area contributed by atoms with E-state index in [1.54, 1.807) is 17.9 Å². The molecule has 0 aliphatic carbocycles. The standard InChI is InChI=1S/C27H24FN5O/c1-5-19-9-7-10-20-11-8-12-21(23(19)20)26(29-4)24(28)25-18(3)27(31-17-30-25)33-15-13-32(14-16-33)22(34)6-2/h1,6-12,17H,2,4,13-16H2,3H3/b26-24+. The number of hydrogen-bond donors (Lipinski definition) is 0. The second-order valence-corrected chi connectivity index (χ2v) is 7.86. The van der Waals surface area contributed by atoms with Gasteiger partial charge in [0.1, 0.15) is 23.5 Å². The lowest BCUT2D eigenvalue weighted by Crippen LogP contribution is -2.48. The molecule has 2 aromatic carbocycles.